The molecule has 3 aromatic rings. The summed E-state index contributed by atoms with van der Waals surface area (Å²) in [4.78, 5) is 18.1. The molecule has 29 heavy (non-hydrogen) atoms. The Morgan fingerprint density at radius 1 is 1.34 bits per heavy atom. The van der Waals surface area contributed by atoms with E-state index in [0.29, 0.717) is 28.0 Å². The molecule has 0 saturated carbocycles. The van der Waals surface area contributed by atoms with Crippen LogP contribution in [0.25, 0.3) is 11.2 Å². The van der Waals surface area contributed by atoms with Crippen molar-refractivity contribution < 1.29 is 4.74 Å². The Bertz CT molecular complexity index is 1050. The summed E-state index contributed by atoms with van der Waals surface area (Å²) < 4.78 is 5.65. The topological polar surface area (TPSA) is 103 Å². The molecule has 0 spiro atoms. The van der Waals surface area contributed by atoms with Gasteiger partial charge in [-0.25, -0.2) is 15.0 Å². The quantitative estimate of drug-likeness (QED) is 0.398. The first-order chi connectivity index (χ1) is 14.1. The van der Waals surface area contributed by atoms with Crippen LogP contribution in [-0.2, 0) is 4.74 Å². The van der Waals surface area contributed by atoms with Crippen LogP contribution in [0.4, 0.5) is 11.5 Å². The van der Waals surface area contributed by atoms with Gasteiger partial charge in [0.15, 0.2) is 11.5 Å². The van der Waals surface area contributed by atoms with E-state index >= 15 is 0 Å². The molecule has 3 heterocycles. The fourth-order valence-electron chi connectivity index (χ4n) is 3.30. The van der Waals surface area contributed by atoms with E-state index in [1.54, 1.807) is 36.8 Å². The summed E-state index contributed by atoms with van der Waals surface area (Å²) in [5, 5.41) is 12.1. The van der Waals surface area contributed by atoms with Crippen LogP contribution < -0.4 is 10.2 Å². The Morgan fingerprint density at radius 3 is 3.10 bits per heavy atom. The number of rotatable bonds is 6. The highest BCUT2D eigenvalue weighted by molar-refractivity contribution is 6.36. The molecule has 1 aliphatic heterocycles. The molecule has 1 aliphatic rings. The van der Waals surface area contributed by atoms with E-state index < -0.39 is 0 Å². The first-order valence-electron chi connectivity index (χ1n) is 9.12. The third kappa shape index (κ3) is 4.44. The van der Waals surface area contributed by atoms with E-state index in [9.17, 15) is 0 Å². The summed E-state index contributed by atoms with van der Waals surface area (Å²) in [5.74, 6) is 0.852. The predicted octanol–water partition coefficient (Wildman–Crippen LogP) is 4.25. The molecular formula is C19H19Cl2N7O. The maximum absolute atomic E-state index is 8.02. The zero-order chi connectivity index (χ0) is 20.2. The average molecular weight is 432 g/mol. The van der Waals surface area contributed by atoms with Crippen molar-refractivity contribution in [2.45, 2.75) is 18.9 Å². The second-order valence-corrected chi connectivity index (χ2v) is 7.41. The number of benzene rings is 1. The fourth-order valence-corrected chi connectivity index (χ4v) is 3.76. The molecule has 1 atom stereocenters. The average Bonchev–Trinajstić information content (AvgIpc) is 3.37. The van der Waals surface area contributed by atoms with Gasteiger partial charge in [-0.15, -0.1) is 0 Å². The molecule has 1 saturated heterocycles. The number of ether oxygens (including phenoxy) is 1. The first kappa shape index (κ1) is 19.5. The van der Waals surface area contributed by atoms with Gasteiger partial charge in [-0.05, 0) is 31.0 Å². The molecule has 1 aromatic carbocycles. The highest BCUT2D eigenvalue weighted by atomic mass is 35.5. The maximum Gasteiger partial charge on any atom is 0.207 e. The van der Waals surface area contributed by atoms with Gasteiger partial charge in [0.2, 0.25) is 5.90 Å². The number of halogens is 2. The maximum atomic E-state index is 8.02. The molecule has 3 N–H and O–H groups in total. The van der Waals surface area contributed by atoms with E-state index in [0.717, 1.165) is 30.7 Å². The number of aromatic nitrogens is 4. The number of fused-ring (bicyclic) bond motifs is 1. The van der Waals surface area contributed by atoms with Crippen LogP contribution in [0.1, 0.15) is 12.8 Å². The number of anilines is 2. The van der Waals surface area contributed by atoms with Gasteiger partial charge in [-0.2, -0.15) is 0 Å². The third-order valence-electron chi connectivity index (χ3n) is 4.68. The van der Waals surface area contributed by atoms with Crippen molar-refractivity contribution in [2.24, 2.45) is 0 Å². The number of nitrogens with zero attached hydrogens (tertiary/aromatic N) is 4. The molecule has 8 nitrogen and oxygen atoms in total. The largest absolute Gasteiger partial charge is 0.476 e. The lowest BCUT2D eigenvalue weighted by Crippen LogP contribution is -2.34. The Hall–Kier alpha value is -2.84. The molecule has 0 unspecified atom stereocenters. The summed E-state index contributed by atoms with van der Waals surface area (Å²) in [7, 11) is 0. The lowest BCUT2D eigenvalue weighted by Gasteiger charge is -2.25. The zero-order valence-corrected chi connectivity index (χ0v) is 16.9. The molecule has 10 heteroatoms. The molecule has 2 aromatic heterocycles. The summed E-state index contributed by atoms with van der Waals surface area (Å²) in [6.45, 7) is 1.26. The van der Waals surface area contributed by atoms with Crippen LogP contribution in [0, 0.1) is 5.41 Å². The predicted molar refractivity (Wildman–Crippen MR) is 115 cm³/mol. The number of hydrogen-bond acceptors (Lipinski definition) is 7. The number of imidazole rings is 1. The number of hydrogen-bond donors (Lipinski definition) is 3. The number of H-pyrrole nitrogens is 1. The highest BCUT2D eigenvalue weighted by Crippen LogP contribution is 2.28. The number of aromatic amines is 1. The zero-order valence-electron chi connectivity index (χ0n) is 15.4. The molecule has 1 fully saturated rings. The van der Waals surface area contributed by atoms with Crippen LogP contribution in [0.15, 0.2) is 43.1 Å². The van der Waals surface area contributed by atoms with Gasteiger partial charge in [0.25, 0.3) is 0 Å². The van der Waals surface area contributed by atoms with Crippen LogP contribution in [0.5, 0.6) is 0 Å². The summed E-state index contributed by atoms with van der Waals surface area (Å²) in [6, 6.07) is 5.29. The minimum absolute atomic E-state index is 0.0574. The van der Waals surface area contributed by atoms with E-state index in [1.807, 2.05) is 0 Å². The van der Waals surface area contributed by atoms with Crippen molar-refractivity contribution in [1.29, 1.82) is 5.41 Å². The van der Waals surface area contributed by atoms with Crippen molar-refractivity contribution >= 4 is 51.8 Å². The Kier molecular flexibility index (Phi) is 5.82. The van der Waals surface area contributed by atoms with E-state index in [2.05, 4.69) is 30.2 Å². The Balaban J connectivity index is 1.34. The van der Waals surface area contributed by atoms with Crippen molar-refractivity contribution in [3.05, 3.63) is 53.2 Å². The first-order valence-corrected chi connectivity index (χ1v) is 9.87. The molecule has 0 amide bonds. The van der Waals surface area contributed by atoms with Crippen LogP contribution in [0.2, 0.25) is 10.0 Å². The normalized spacial score (nSPS) is 16.6. The summed E-state index contributed by atoms with van der Waals surface area (Å²) in [6.07, 6.45) is 8.30. The van der Waals surface area contributed by atoms with Gasteiger partial charge in [0.05, 0.1) is 23.1 Å². The minimum atomic E-state index is 0.0574. The van der Waals surface area contributed by atoms with Gasteiger partial charge in [0, 0.05) is 23.8 Å². The number of nitrogens with one attached hydrogen (secondary N) is 3. The SMILES string of the molecule is N=C(/C=C\Nc1ccc(Cl)cc1Cl)OC[C@H]1CCCN1c1ncnc2[nH]cnc12. The summed E-state index contributed by atoms with van der Waals surface area (Å²) >= 11 is 12.0. The third-order valence-corrected chi connectivity index (χ3v) is 5.23. The van der Waals surface area contributed by atoms with Crippen LogP contribution >= 0.6 is 23.2 Å². The molecule has 150 valence electrons. The van der Waals surface area contributed by atoms with Crippen molar-refractivity contribution in [3.63, 3.8) is 0 Å². The molecular weight excluding hydrogens is 413 g/mol. The van der Waals surface area contributed by atoms with Crippen molar-refractivity contribution in [1.82, 2.24) is 19.9 Å². The minimum Gasteiger partial charge on any atom is -0.476 e. The fraction of sp³-hybridized carbons (Fsp3) is 0.263. The Labute approximate surface area is 177 Å². The summed E-state index contributed by atoms with van der Waals surface area (Å²) in [5.41, 5.74) is 2.16. The van der Waals surface area contributed by atoms with Crippen LogP contribution in [0.3, 0.4) is 0 Å². The highest BCUT2D eigenvalue weighted by Gasteiger charge is 2.28. The molecule has 0 aliphatic carbocycles. The van der Waals surface area contributed by atoms with Crippen LogP contribution in [-0.4, -0.2) is 45.0 Å². The second kappa shape index (κ2) is 8.67. The molecule has 4 rings (SSSR count). The molecule has 0 bridgehead atoms. The monoisotopic (exact) mass is 431 g/mol. The van der Waals surface area contributed by atoms with Gasteiger partial charge < -0.3 is 19.9 Å². The van der Waals surface area contributed by atoms with E-state index in [-0.39, 0.29) is 11.9 Å². The van der Waals surface area contributed by atoms with Gasteiger partial charge in [-0.3, -0.25) is 5.41 Å². The van der Waals surface area contributed by atoms with Gasteiger partial charge in [0.1, 0.15) is 18.5 Å². The van der Waals surface area contributed by atoms with E-state index in [1.165, 1.54) is 6.33 Å². The lowest BCUT2D eigenvalue weighted by molar-refractivity contribution is 0.276. The second-order valence-electron chi connectivity index (χ2n) is 6.56. The Morgan fingerprint density at radius 2 is 2.24 bits per heavy atom. The standard InChI is InChI=1S/C19H19Cl2N7O/c20-12-3-4-15(14(21)8-12)23-6-5-16(22)29-9-13-2-1-7-28(13)19-17-18(25-10-24-17)26-11-27-19/h3-6,8,10-11,13,22-23H,1-2,7,9H2,(H,24,25,26,27)/b6-5-,22-16?/t13-/m1/s1. The lowest BCUT2D eigenvalue weighted by atomic mass is 10.2. The van der Waals surface area contributed by atoms with Crippen molar-refractivity contribution in [2.75, 3.05) is 23.4 Å². The smallest absolute Gasteiger partial charge is 0.207 e. The van der Waals surface area contributed by atoms with Gasteiger partial charge in [-0.1, -0.05) is 23.2 Å². The molecule has 0 radical (unpaired) electrons. The van der Waals surface area contributed by atoms with Crippen molar-refractivity contribution in [3.8, 4) is 0 Å². The van der Waals surface area contributed by atoms with E-state index in [4.69, 9.17) is 33.3 Å². The van der Waals surface area contributed by atoms with Gasteiger partial charge >= 0.3 is 0 Å².